The Morgan fingerprint density at radius 1 is 0.821 bits per heavy atom. The minimum absolute atomic E-state index is 0.0576. The number of rotatable bonds is 8. The van der Waals surface area contributed by atoms with E-state index in [0.29, 0.717) is 13.2 Å². The zero-order valence-corrected chi connectivity index (χ0v) is 18.0. The number of hydrogen-bond acceptors (Lipinski definition) is 3. The summed E-state index contributed by atoms with van der Waals surface area (Å²) in [6.07, 6.45) is 0. The largest absolute Gasteiger partial charge is 0.497 e. The first kappa shape index (κ1) is 20.4. The van der Waals surface area contributed by atoms with Crippen LogP contribution in [0.25, 0.3) is 0 Å². The smallest absolute Gasteiger partial charge is 0.127 e. The van der Waals surface area contributed by atoms with Gasteiger partial charge in [0.05, 0.1) is 20.3 Å². The first-order valence-electron chi connectivity index (χ1n) is 9.21. The zero-order chi connectivity index (χ0) is 20.0. The normalized spacial score (nSPS) is 11.3. The van der Waals surface area contributed by atoms with E-state index in [0.717, 1.165) is 27.3 Å². The maximum Gasteiger partial charge on any atom is 0.127 e. The van der Waals surface area contributed by atoms with Crippen LogP contribution in [-0.4, -0.2) is 13.7 Å². The Kier molecular flexibility index (Phi) is 6.76. The highest BCUT2D eigenvalue weighted by atomic mass is 79.9. The van der Waals surface area contributed by atoms with E-state index >= 15 is 0 Å². The van der Waals surface area contributed by atoms with Crippen LogP contribution in [0.5, 0.6) is 17.2 Å². The fraction of sp³-hybridized carbons (Fsp3) is 0.250. The molecule has 0 unspecified atom stereocenters. The fourth-order valence-electron chi connectivity index (χ4n) is 2.89. The first-order chi connectivity index (χ1) is 13.5. The number of ether oxygens (including phenoxy) is 3. The highest BCUT2D eigenvalue weighted by Crippen LogP contribution is 2.27. The summed E-state index contributed by atoms with van der Waals surface area (Å²) in [7, 11) is 1.65. The summed E-state index contributed by atoms with van der Waals surface area (Å²) in [5.41, 5.74) is 2.28. The predicted octanol–water partition coefficient (Wildman–Crippen LogP) is 6.74. The molecule has 0 spiro atoms. The molecule has 0 saturated carbocycles. The van der Waals surface area contributed by atoms with Crippen molar-refractivity contribution in [2.24, 2.45) is 0 Å². The molecule has 146 valence electrons. The molecule has 0 bridgehead atoms. The lowest BCUT2D eigenvalue weighted by molar-refractivity contribution is 0.0824. The summed E-state index contributed by atoms with van der Waals surface area (Å²) in [6, 6.07) is 23.9. The van der Waals surface area contributed by atoms with Crippen LogP contribution < -0.4 is 9.47 Å². The average molecular weight is 441 g/mol. The highest BCUT2D eigenvalue weighted by molar-refractivity contribution is 9.10. The molecular formula is C24H25BrO3. The molecule has 0 atom stereocenters. The van der Waals surface area contributed by atoms with Crippen molar-refractivity contribution < 1.29 is 14.2 Å². The van der Waals surface area contributed by atoms with Crippen LogP contribution >= 0.6 is 15.9 Å². The van der Waals surface area contributed by atoms with Crippen molar-refractivity contribution in [3.63, 3.8) is 0 Å². The molecule has 0 aliphatic carbocycles. The molecule has 0 aromatic heterocycles. The molecule has 0 saturated heterocycles. The third-order valence-corrected chi connectivity index (χ3v) is 5.08. The maximum atomic E-state index is 6.02. The van der Waals surface area contributed by atoms with Gasteiger partial charge in [-0.2, -0.15) is 0 Å². The van der Waals surface area contributed by atoms with E-state index in [9.17, 15) is 0 Å². The van der Waals surface area contributed by atoms with E-state index in [4.69, 9.17) is 14.2 Å². The highest BCUT2D eigenvalue weighted by Gasteiger charge is 2.20. The van der Waals surface area contributed by atoms with E-state index in [1.54, 1.807) is 7.11 Å². The molecule has 3 aromatic rings. The molecule has 4 heteroatoms. The monoisotopic (exact) mass is 440 g/mol. The van der Waals surface area contributed by atoms with Gasteiger partial charge in [0.15, 0.2) is 0 Å². The van der Waals surface area contributed by atoms with Gasteiger partial charge in [-0.15, -0.1) is 0 Å². The summed E-state index contributed by atoms with van der Waals surface area (Å²) >= 11 is 3.48. The second-order valence-electron chi connectivity index (χ2n) is 7.31. The molecule has 0 N–H and O–H groups in total. The lowest BCUT2D eigenvalue weighted by Crippen LogP contribution is -2.24. The van der Waals surface area contributed by atoms with Crippen molar-refractivity contribution in [3.05, 3.63) is 88.4 Å². The summed E-state index contributed by atoms with van der Waals surface area (Å²) in [5, 5.41) is 0. The molecule has 0 heterocycles. The zero-order valence-electron chi connectivity index (χ0n) is 16.4. The first-order valence-corrected chi connectivity index (χ1v) is 10.0. The van der Waals surface area contributed by atoms with Gasteiger partial charge in [0.25, 0.3) is 0 Å². The molecule has 3 rings (SSSR count). The number of benzene rings is 3. The van der Waals surface area contributed by atoms with Crippen LogP contribution in [0.1, 0.15) is 25.0 Å². The molecule has 28 heavy (non-hydrogen) atoms. The average Bonchev–Trinajstić information content (AvgIpc) is 2.69. The van der Waals surface area contributed by atoms with E-state index in [-0.39, 0.29) is 5.41 Å². The number of halogens is 1. The second-order valence-corrected chi connectivity index (χ2v) is 8.22. The SMILES string of the molecule is COc1ccc(Oc2cccc(COCC(C)(C)c3ccc(Br)cc3)c2)cc1. The minimum Gasteiger partial charge on any atom is -0.497 e. The second kappa shape index (κ2) is 9.26. The fourth-order valence-corrected chi connectivity index (χ4v) is 3.15. The molecule has 0 amide bonds. The van der Waals surface area contributed by atoms with Gasteiger partial charge in [0.2, 0.25) is 0 Å². The molecular weight excluding hydrogens is 416 g/mol. The third kappa shape index (κ3) is 5.60. The minimum atomic E-state index is -0.0576. The lowest BCUT2D eigenvalue weighted by Gasteiger charge is -2.25. The van der Waals surface area contributed by atoms with Gasteiger partial charge in [-0.1, -0.05) is 54.0 Å². The summed E-state index contributed by atoms with van der Waals surface area (Å²) < 4.78 is 18.2. The van der Waals surface area contributed by atoms with E-state index in [1.807, 2.05) is 48.5 Å². The summed E-state index contributed by atoms with van der Waals surface area (Å²) in [6.45, 7) is 5.57. The lowest BCUT2D eigenvalue weighted by atomic mass is 9.86. The van der Waals surface area contributed by atoms with Crippen LogP contribution in [0, 0.1) is 0 Å². The molecule has 3 aromatic carbocycles. The van der Waals surface area contributed by atoms with Crippen LogP contribution in [0.4, 0.5) is 0 Å². The van der Waals surface area contributed by atoms with Crippen molar-refractivity contribution in [1.82, 2.24) is 0 Å². The Hall–Kier alpha value is -2.30. The van der Waals surface area contributed by atoms with Crippen molar-refractivity contribution in [2.45, 2.75) is 25.9 Å². The standard InChI is InChI=1S/C24H25BrO3/c1-24(2,19-7-9-20(25)10-8-19)17-27-16-18-5-4-6-23(15-18)28-22-13-11-21(26-3)12-14-22/h4-15H,16-17H2,1-3H3. The Morgan fingerprint density at radius 3 is 2.18 bits per heavy atom. The van der Waals surface area contributed by atoms with E-state index in [2.05, 4.69) is 54.0 Å². The Labute approximate surface area is 175 Å². The van der Waals surface area contributed by atoms with Gasteiger partial charge in [0, 0.05) is 9.89 Å². The molecule has 0 fully saturated rings. The quantitative estimate of drug-likeness (QED) is 0.387. The van der Waals surface area contributed by atoms with Gasteiger partial charge >= 0.3 is 0 Å². The Balaban J connectivity index is 1.57. The van der Waals surface area contributed by atoms with Crippen molar-refractivity contribution in [1.29, 1.82) is 0 Å². The number of hydrogen-bond donors (Lipinski definition) is 0. The van der Waals surface area contributed by atoms with Crippen molar-refractivity contribution >= 4 is 15.9 Å². The van der Waals surface area contributed by atoms with E-state index < -0.39 is 0 Å². The van der Waals surface area contributed by atoms with Crippen molar-refractivity contribution in [3.8, 4) is 17.2 Å². The summed E-state index contributed by atoms with van der Waals surface area (Å²) in [5.74, 6) is 2.37. The Bertz CT molecular complexity index is 886. The van der Waals surface area contributed by atoms with Crippen LogP contribution in [0.3, 0.4) is 0 Å². The van der Waals surface area contributed by atoms with Gasteiger partial charge in [-0.25, -0.2) is 0 Å². The van der Waals surface area contributed by atoms with Crippen LogP contribution in [0.15, 0.2) is 77.3 Å². The van der Waals surface area contributed by atoms with Crippen molar-refractivity contribution in [2.75, 3.05) is 13.7 Å². The third-order valence-electron chi connectivity index (χ3n) is 4.55. The van der Waals surface area contributed by atoms with Gasteiger partial charge in [-0.3, -0.25) is 0 Å². The molecule has 0 aliphatic rings. The van der Waals surface area contributed by atoms with Gasteiger partial charge in [0.1, 0.15) is 17.2 Å². The van der Waals surface area contributed by atoms with Gasteiger partial charge in [-0.05, 0) is 59.7 Å². The van der Waals surface area contributed by atoms with Crippen LogP contribution in [0.2, 0.25) is 0 Å². The van der Waals surface area contributed by atoms with Crippen LogP contribution in [-0.2, 0) is 16.8 Å². The van der Waals surface area contributed by atoms with Gasteiger partial charge < -0.3 is 14.2 Å². The molecule has 0 aliphatic heterocycles. The predicted molar refractivity (Wildman–Crippen MR) is 116 cm³/mol. The number of methoxy groups -OCH3 is 1. The topological polar surface area (TPSA) is 27.7 Å². The Morgan fingerprint density at radius 2 is 1.50 bits per heavy atom. The maximum absolute atomic E-state index is 6.02. The molecule has 3 nitrogen and oxygen atoms in total. The molecule has 0 radical (unpaired) electrons. The summed E-state index contributed by atoms with van der Waals surface area (Å²) in [4.78, 5) is 0. The van der Waals surface area contributed by atoms with E-state index in [1.165, 1.54) is 5.56 Å².